The molecule has 0 saturated carbocycles. The summed E-state index contributed by atoms with van der Waals surface area (Å²) in [5.41, 5.74) is 5.87. The summed E-state index contributed by atoms with van der Waals surface area (Å²) in [5, 5.41) is 4.03. The van der Waals surface area contributed by atoms with Crippen molar-refractivity contribution in [3.05, 3.63) is 71.0 Å². The van der Waals surface area contributed by atoms with E-state index in [0.717, 1.165) is 39.0 Å². The number of ether oxygens (including phenoxy) is 1. The Bertz CT molecular complexity index is 1160. The van der Waals surface area contributed by atoms with E-state index in [0.29, 0.717) is 18.5 Å². The normalized spacial score (nSPS) is 13.4. The largest absolute Gasteiger partial charge is 0.462 e. The predicted molar refractivity (Wildman–Crippen MR) is 118 cm³/mol. The summed E-state index contributed by atoms with van der Waals surface area (Å²) in [7, 11) is 0. The number of hydrogen-bond acceptors (Lipinski definition) is 3. The van der Waals surface area contributed by atoms with Gasteiger partial charge < -0.3 is 15.0 Å². The van der Waals surface area contributed by atoms with Gasteiger partial charge in [-0.25, -0.2) is 9.59 Å². The van der Waals surface area contributed by atoms with Gasteiger partial charge in [-0.3, -0.25) is 4.90 Å². The number of rotatable bonds is 3. The summed E-state index contributed by atoms with van der Waals surface area (Å²) < 4.78 is 5.29. The fourth-order valence-electron chi connectivity index (χ4n) is 3.79. The lowest BCUT2D eigenvalue weighted by Crippen LogP contribution is -2.32. The third-order valence-electron chi connectivity index (χ3n) is 5.36. The van der Waals surface area contributed by atoms with Crippen LogP contribution in [0, 0.1) is 13.8 Å². The Morgan fingerprint density at radius 1 is 1.17 bits per heavy atom. The van der Waals surface area contributed by atoms with Gasteiger partial charge in [-0.2, -0.15) is 0 Å². The highest BCUT2D eigenvalue weighted by Crippen LogP contribution is 2.31. The third-order valence-corrected chi connectivity index (χ3v) is 5.36. The van der Waals surface area contributed by atoms with Crippen LogP contribution in [0.2, 0.25) is 0 Å². The average molecular weight is 403 g/mol. The van der Waals surface area contributed by atoms with Crippen LogP contribution in [0.25, 0.3) is 16.5 Å². The molecule has 0 bridgehead atoms. The van der Waals surface area contributed by atoms with Crippen LogP contribution >= 0.6 is 0 Å². The van der Waals surface area contributed by atoms with Crippen molar-refractivity contribution in [2.24, 2.45) is 0 Å². The molecule has 2 heterocycles. The maximum absolute atomic E-state index is 13.1. The van der Waals surface area contributed by atoms with Crippen LogP contribution in [0.4, 0.5) is 10.5 Å². The fraction of sp³-hybridized carbons (Fsp3) is 0.250. The SMILES string of the molecule is CCOC(=O)C1=CN(C(=O)Nc2cc(C)ccc2C)CCc2c1[nH]c1ccccc21. The third kappa shape index (κ3) is 3.68. The summed E-state index contributed by atoms with van der Waals surface area (Å²) in [6, 6.07) is 13.6. The zero-order valence-corrected chi connectivity index (χ0v) is 17.4. The number of anilines is 1. The molecule has 4 rings (SSSR count). The van der Waals surface area contributed by atoms with E-state index in [2.05, 4.69) is 10.3 Å². The molecule has 0 saturated heterocycles. The van der Waals surface area contributed by atoms with E-state index in [1.54, 1.807) is 18.0 Å². The lowest BCUT2D eigenvalue weighted by Gasteiger charge is -2.19. The van der Waals surface area contributed by atoms with Gasteiger partial charge in [-0.05, 0) is 56.0 Å². The Hall–Kier alpha value is -3.54. The Balaban J connectivity index is 1.71. The van der Waals surface area contributed by atoms with Crippen LogP contribution in [-0.2, 0) is 16.0 Å². The molecule has 1 aliphatic rings. The van der Waals surface area contributed by atoms with Crippen LogP contribution in [0.15, 0.2) is 48.7 Å². The van der Waals surface area contributed by atoms with E-state index in [4.69, 9.17) is 4.74 Å². The van der Waals surface area contributed by atoms with E-state index >= 15 is 0 Å². The lowest BCUT2D eigenvalue weighted by atomic mass is 10.0. The van der Waals surface area contributed by atoms with E-state index in [9.17, 15) is 9.59 Å². The highest BCUT2D eigenvalue weighted by Gasteiger charge is 2.27. The monoisotopic (exact) mass is 403 g/mol. The molecule has 0 atom stereocenters. The van der Waals surface area contributed by atoms with Crippen molar-refractivity contribution in [2.45, 2.75) is 27.2 Å². The Kier molecular flexibility index (Phi) is 5.31. The number of fused-ring (bicyclic) bond motifs is 3. The van der Waals surface area contributed by atoms with E-state index < -0.39 is 5.97 Å². The number of carbonyl (C=O) groups is 2. The van der Waals surface area contributed by atoms with Gasteiger partial charge in [0.15, 0.2) is 0 Å². The maximum Gasteiger partial charge on any atom is 0.341 e. The molecule has 1 aromatic heterocycles. The second-order valence-electron chi connectivity index (χ2n) is 7.48. The molecule has 0 unspecified atom stereocenters. The molecule has 154 valence electrons. The second-order valence-corrected chi connectivity index (χ2v) is 7.48. The Morgan fingerprint density at radius 3 is 2.77 bits per heavy atom. The molecule has 6 nitrogen and oxygen atoms in total. The number of nitrogens with zero attached hydrogens (tertiary/aromatic N) is 1. The molecular formula is C24H25N3O3. The van der Waals surface area contributed by atoms with Crippen molar-refractivity contribution in [3.8, 4) is 0 Å². The van der Waals surface area contributed by atoms with Crippen LogP contribution in [0.3, 0.4) is 0 Å². The van der Waals surface area contributed by atoms with Gasteiger partial charge in [-0.1, -0.05) is 30.3 Å². The smallest absolute Gasteiger partial charge is 0.341 e. The summed E-state index contributed by atoms with van der Waals surface area (Å²) in [6.45, 7) is 6.42. The van der Waals surface area contributed by atoms with Gasteiger partial charge in [0.25, 0.3) is 0 Å². The summed E-state index contributed by atoms with van der Waals surface area (Å²) in [5.74, 6) is -0.447. The molecule has 1 aliphatic heterocycles. The number of aryl methyl sites for hydroxylation is 2. The topological polar surface area (TPSA) is 74.4 Å². The first kappa shape index (κ1) is 19.8. The molecule has 30 heavy (non-hydrogen) atoms. The van der Waals surface area contributed by atoms with Gasteiger partial charge >= 0.3 is 12.0 Å². The molecule has 2 N–H and O–H groups in total. The summed E-state index contributed by atoms with van der Waals surface area (Å²) >= 11 is 0. The average Bonchev–Trinajstić information content (AvgIpc) is 2.98. The van der Waals surface area contributed by atoms with Crippen LogP contribution < -0.4 is 5.32 Å². The predicted octanol–water partition coefficient (Wildman–Crippen LogP) is 4.78. The van der Waals surface area contributed by atoms with Crippen molar-refractivity contribution >= 4 is 34.2 Å². The van der Waals surface area contributed by atoms with Crippen LogP contribution in [0.5, 0.6) is 0 Å². The van der Waals surface area contributed by atoms with Crippen molar-refractivity contribution in [1.82, 2.24) is 9.88 Å². The number of amides is 2. The molecular weight excluding hydrogens is 378 g/mol. The first-order valence-corrected chi connectivity index (χ1v) is 10.1. The van der Waals surface area contributed by atoms with E-state index in [-0.39, 0.29) is 12.6 Å². The number of benzene rings is 2. The van der Waals surface area contributed by atoms with Crippen molar-refractivity contribution < 1.29 is 14.3 Å². The summed E-state index contributed by atoms with van der Waals surface area (Å²) in [4.78, 5) is 30.7. The second kappa shape index (κ2) is 8.06. The van der Waals surface area contributed by atoms with Crippen molar-refractivity contribution in [3.63, 3.8) is 0 Å². The first-order valence-electron chi connectivity index (χ1n) is 10.1. The number of para-hydroxylation sites is 1. The molecule has 2 amide bonds. The number of aromatic nitrogens is 1. The fourth-order valence-corrected chi connectivity index (χ4v) is 3.79. The number of hydrogen-bond donors (Lipinski definition) is 2. The standard InChI is InChI=1S/C24H25N3O3/c1-4-30-23(28)19-14-27(24(29)26-21-13-15(2)9-10-16(21)3)12-11-18-17-7-5-6-8-20(17)25-22(18)19/h5-10,13-14,25H,4,11-12H2,1-3H3,(H,26,29). The minimum Gasteiger partial charge on any atom is -0.462 e. The van der Waals surface area contributed by atoms with Gasteiger partial charge in [0.2, 0.25) is 0 Å². The number of nitrogens with one attached hydrogen (secondary N) is 2. The van der Waals surface area contributed by atoms with Gasteiger partial charge in [0.05, 0.1) is 17.9 Å². The highest BCUT2D eigenvalue weighted by molar-refractivity contribution is 6.18. The highest BCUT2D eigenvalue weighted by atomic mass is 16.5. The maximum atomic E-state index is 13.1. The van der Waals surface area contributed by atoms with Gasteiger partial charge in [0, 0.05) is 29.3 Å². The number of aromatic amines is 1. The van der Waals surface area contributed by atoms with Crippen molar-refractivity contribution in [1.29, 1.82) is 0 Å². The van der Waals surface area contributed by atoms with Crippen molar-refractivity contribution in [2.75, 3.05) is 18.5 Å². The molecule has 0 radical (unpaired) electrons. The number of H-pyrrole nitrogens is 1. The molecule has 2 aromatic carbocycles. The lowest BCUT2D eigenvalue weighted by molar-refractivity contribution is -0.136. The molecule has 3 aromatic rings. The Labute approximate surface area is 175 Å². The molecule has 6 heteroatoms. The minimum absolute atomic E-state index is 0.264. The van der Waals surface area contributed by atoms with E-state index in [1.165, 1.54) is 0 Å². The quantitative estimate of drug-likeness (QED) is 0.618. The molecule has 0 aliphatic carbocycles. The zero-order chi connectivity index (χ0) is 21.3. The number of carbonyl (C=O) groups excluding carboxylic acids is 2. The molecule has 0 spiro atoms. The zero-order valence-electron chi connectivity index (χ0n) is 17.4. The molecule has 0 fully saturated rings. The van der Waals surface area contributed by atoms with Crippen LogP contribution in [0.1, 0.15) is 29.3 Å². The number of esters is 1. The first-order chi connectivity index (χ1) is 14.5. The van der Waals surface area contributed by atoms with Crippen LogP contribution in [-0.4, -0.2) is 35.0 Å². The summed E-state index contributed by atoms with van der Waals surface area (Å²) in [6.07, 6.45) is 2.22. The Morgan fingerprint density at radius 2 is 1.97 bits per heavy atom. The number of urea groups is 1. The van der Waals surface area contributed by atoms with Gasteiger partial charge in [0.1, 0.15) is 0 Å². The van der Waals surface area contributed by atoms with Gasteiger partial charge in [-0.15, -0.1) is 0 Å². The minimum atomic E-state index is -0.447. The van der Waals surface area contributed by atoms with E-state index in [1.807, 2.05) is 56.3 Å².